The molecule has 0 spiro atoms. The van der Waals surface area contributed by atoms with Crippen molar-refractivity contribution in [3.8, 4) is 0 Å². The highest BCUT2D eigenvalue weighted by Crippen LogP contribution is 2.50. The van der Waals surface area contributed by atoms with Crippen molar-refractivity contribution < 1.29 is 26.3 Å². The van der Waals surface area contributed by atoms with E-state index >= 15 is 0 Å². The summed E-state index contributed by atoms with van der Waals surface area (Å²) in [5.74, 6) is 0. The van der Waals surface area contributed by atoms with Crippen LogP contribution in [0.15, 0.2) is 24.3 Å². The molecule has 0 heterocycles. The van der Waals surface area contributed by atoms with Crippen molar-refractivity contribution in [1.29, 1.82) is 0 Å². The Morgan fingerprint density at radius 3 is 1.53 bits per heavy atom. The van der Waals surface area contributed by atoms with Gasteiger partial charge in [-0.1, -0.05) is 29.8 Å². The van der Waals surface area contributed by atoms with Gasteiger partial charge < -0.3 is 0 Å². The maximum absolute atomic E-state index is 13.5. The van der Waals surface area contributed by atoms with Crippen molar-refractivity contribution in [3.63, 3.8) is 0 Å². The number of halogens is 8. The fourth-order valence-electron chi connectivity index (χ4n) is 1.16. The zero-order valence-corrected chi connectivity index (χ0v) is 9.34. The zero-order valence-electron chi connectivity index (χ0n) is 7.83. The Morgan fingerprint density at radius 1 is 0.765 bits per heavy atom. The molecule has 1 atom stereocenters. The van der Waals surface area contributed by atoms with E-state index in [4.69, 9.17) is 11.6 Å². The first-order valence-electron chi connectivity index (χ1n) is 4.09. The van der Waals surface area contributed by atoms with Crippen molar-refractivity contribution in [3.05, 3.63) is 35.4 Å². The molecule has 96 valence electrons. The van der Waals surface area contributed by atoms with E-state index in [1.165, 1.54) is 0 Å². The third-order valence-electron chi connectivity index (χ3n) is 1.93. The second kappa shape index (κ2) is 4.24. The monoisotopic (exact) mass is 296 g/mol. The van der Waals surface area contributed by atoms with E-state index < -0.39 is 27.8 Å². The Kier molecular flexibility index (Phi) is 3.60. The summed E-state index contributed by atoms with van der Waals surface area (Å²) in [5.41, 5.74) is -3.02. The summed E-state index contributed by atoms with van der Waals surface area (Å²) in [7, 11) is 0. The van der Waals surface area contributed by atoms with Crippen LogP contribution in [0.5, 0.6) is 0 Å². The number of benzene rings is 1. The standard InChI is InChI=1S/C9H4Cl2F6/c10-7(12,9(11,16)17)5-3-1-2-4-6(5)8(13,14)15/h1-4H. The normalized spacial score (nSPS) is 16.7. The second-order valence-electron chi connectivity index (χ2n) is 3.12. The molecule has 0 aliphatic heterocycles. The molecule has 0 amide bonds. The van der Waals surface area contributed by atoms with Crippen LogP contribution < -0.4 is 0 Å². The summed E-state index contributed by atoms with van der Waals surface area (Å²) >= 11 is 9.17. The van der Waals surface area contributed by atoms with Gasteiger partial charge in [0.25, 0.3) is 5.13 Å². The largest absolute Gasteiger partial charge is 0.416 e. The molecule has 0 radical (unpaired) electrons. The molecule has 0 aliphatic carbocycles. The van der Waals surface area contributed by atoms with E-state index in [1.807, 2.05) is 0 Å². The molecule has 8 heteroatoms. The summed E-state index contributed by atoms with van der Waals surface area (Å²) in [6, 6.07) is 2.82. The van der Waals surface area contributed by atoms with Gasteiger partial charge in [0, 0.05) is 5.56 Å². The fraction of sp³-hybridized carbons (Fsp3) is 0.333. The highest BCUT2D eigenvalue weighted by Gasteiger charge is 2.56. The Morgan fingerprint density at radius 2 is 1.18 bits per heavy atom. The zero-order chi connectivity index (χ0) is 13.5. The minimum absolute atomic E-state index is 0.439. The Labute approximate surface area is 102 Å². The van der Waals surface area contributed by atoms with Crippen molar-refractivity contribution in [1.82, 2.24) is 0 Å². The molecule has 1 unspecified atom stereocenters. The minimum Gasteiger partial charge on any atom is -0.212 e. The lowest BCUT2D eigenvalue weighted by atomic mass is 10.0. The van der Waals surface area contributed by atoms with E-state index in [0.717, 1.165) is 12.1 Å². The van der Waals surface area contributed by atoms with Crippen LogP contribution in [0.1, 0.15) is 11.1 Å². The summed E-state index contributed by atoms with van der Waals surface area (Å²) in [4.78, 5) is 0. The quantitative estimate of drug-likeness (QED) is 0.538. The third kappa shape index (κ3) is 2.80. The number of hydrogen-bond donors (Lipinski definition) is 0. The SMILES string of the molecule is FC(F)(F)c1ccccc1C(F)(Cl)C(F)(F)Cl. The van der Waals surface area contributed by atoms with Gasteiger partial charge in [-0.15, -0.1) is 0 Å². The van der Waals surface area contributed by atoms with Crippen molar-refractivity contribution >= 4 is 23.2 Å². The van der Waals surface area contributed by atoms with Crippen LogP contribution in [0.2, 0.25) is 0 Å². The fourth-order valence-corrected chi connectivity index (χ4v) is 1.42. The highest BCUT2D eigenvalue weighted by atomic mass is 35.5. The summed E-state index contributed by atoms with van der Waals surface area (Å²) < 4.78 is 76.2. The van der Waals surface area contributed by atoms with Crippen molar-refractivity contribution in [2.45, 2.75) is 16.7 Å². The first-order valence-corrected chi connectivity index (χ1v) is 4.85. The Hall–Kier alpha value is -0.620. The molecule has 17 heavy (non-hydrogen) atoms. The lowest BCUT2D eigenvalue weighted by molar-refractivity contribution is -0.140. The molecule has 0 saturated heterocycles. The minimum atomic E-state index is -5.01. The molecule has 1 aromatic carbocycles. The van der Waals surface area contributed by atoms with E-state index in [2.05, 4.69) is 11.6 Å². The number of hydrogen-bond acceptors (Lipinski definition) is 0. The average molecular weight is 297 g/mol. The topological polar surface area (TPSA) is 0 Å². The third-order valence-corrected chi connectivity index (χ3v) is 2.72. The van der Waals surface area contributed by atoms with Crippen LogP contribution in [-0.4, -0.2) is 5.38 Å². The number of rotatable bonds is 2. The smallest absolute Gasteiger partial charge is 0.212 e. The maximum Gasteiger partial charge on any atom is 0.416 e. The van der Waals surface area contributed by atoms with Crippen LogP contribution in [-0.2, 0) is 11.3 Å². The highest BCUT2D eigenvalue weighted by molar-refractivity contribution is 6.32. The molecule has 0 aliphatic rings. The average Bonchev–Trinajstić information content (AvgIpc) is 2.14. The molecule has 1 aromatic rings. The van der Waals surface area contributed by atoms with Gasteiger partial charge in [-0.3, -0.25) is 0 Å². The Bertz CT molecular complexity index is 407. The lowest BCUT2D eigenvalue weighted by Crippen LogP contribution is -2.33. The predicted octanol–water partition coefficient (Wildman–Crippen LogP) is 4.90. The molecule has 0 N–H and O–H groups in total. The molecule has 0 fully saturated rings. The van der Waals surface area contributed by atoms with Crippen LogP contribution in [0.4, 0.5) is 26.3 Å². The van der Waals surface area contributed by atoms with E-state index in [1.54, 1.807) is 0 Å². The van der Waals surface area contributed by atoms with Crippen LogP contribution in [0, 0.1) is 0 Å². The van der Waals surface area contributed by atoms with Gasteiger partial charge in [0.2, 0.25) is 0 Å². The molecular weight excluding hydrogens is 293 g/mol. The summed E-state index contributed by atoms with van der Waals surface area (Å²) in [6.07, 6.45) is -5.01. The lowest BCUT2D eigenvalue weighted by Gasteiger charge is -2.25. The number of alkyl halides is 8. The van der Waals surface area contributed by atoms with E-state index in [9.17, 15) is 26.3 Å². The van der Waals surface area contributed by atoms with Gasteiger partial charge in [0.05, 0.1) is 5.56 Å². The first-order chi connectivity index (χ1) is 7.48. The van der Waals surface area contributed by atoms with E-state index in [-0.39, 0.29) is 0 Å². The maximum atomic E-state index is 13.5. The van der Waals surface area contributed by atoms with Crippen LogP contribution in [0.3, 0.4) is 0 Å². The van der Waals surface area contributed by atoms with Gasteiger partial charge in [-0.2, -0.15) is 22.0 Å². The van der Waals surface area contributed by atoms with Crippen molar-refractivity contribution in [2.75, 3.05) is 0 Å². The Balaban J connectivity index is 3.43. The van der Waals surface area contributed by atoms with Gasteiger partial charge in [-0.25, -0.2) is 4.39 Å². The molecule has 1 rings (SSSR count). The first kappa shape index (κ1) is 14.4. The van der Waals surface area contributed by atoms with E-state index in [0.29, 0.717) is 12.1 Å². The second-order valence-corrected chi connectivity index (χ2v) is 4.11. The van der Waals surface area contributed by atoms with Crippen molar-refractivity contribution in [2.24, 2.45) is 0 Å². The molecule has 0 bridgehead atoms. The summed E-state index contributed by atoms with van der Waals surface area (Å²) in [6.45, 7) is 0. The van der Waals surface area contributed by atoms with Gasteiger partial charge in [0.1, 0.15) is 0 Å². The van der Waals surface area contributed by atoms with Gasteiger partial charge >= 0.3 is 11.6 Å². The molecular formula is C9H4Cl2F6. The molecule has 0 nitrogen and oxygen atoms in total. The van der Waals surface area contributed by atoms with Crippen LogP contribution in [0.25, 0.3) is 0 Å². The van der Waals surface area contributed by atoms with Gasteiger partial charge in [0.15, 0.2) is 0 Å². The van der Waals surface area contributed by atoms with Crippen LogP contribution >= 0.6 is 23.2 Å². The summed E-state index contributed by atoms with van der Waals surface area (Å²) in [5, 5.41) is -8.81. The molecule has 0 saturated carbocycles. The molecule has 0 aromatic heterocycles. The van der Waals surface area contributed by atoms with Gasteiger partial charge in [-0.05, 0) is 17.7 Å². The predicted molar refractivity (Wildman–Crippen MR) is 50.9 cm³/mol.